The molecule has 4 rings (SSSR count). The van der Waals surface area contributed by atoms with Crippen LogP contribution in [-0.2, 0) is 14.3 Å². The zero-order chi connectivity index (χ0) is 19.3. The topological polar surface area (TPSA) is 67.9 Å². The minimum atomic E-state index is -0.347. The van der Waals surface area contributed by atoms with Gasteiger partial charge in [-0.2, -0.15) is 0 Å². The Labute approximate surface area is 164 Å². The highest BCUT2D eigenvalue weighted by atomic mass is 16.5. The average Bonchev–Trinajstić information content (AvgIpc) is 3.13. The zero-order valence-electron chi connectivity index (χ0n) is 15.7. The fraction of sp³-hybridized carbons (Fsp3) is 0.364. The maximum Gasteiger partial charge on any atom is 0.229 e. The third-order valence-electron chi connectivity index (χ3n) is 5.28. The number of anilines is 1. The number of hydrogen-bond donors (Lipinski definition) is 1. The molecule has 2 aliphatic heterocycles. The molecule has 2 fully saturated rings. The fourth-order valence-electron chi connectivity index (χ4n) is 3.77. The molecule has 0 saturated carbocycles. The van der Waals surface area contributed by atoms with E-state index < -0.39 is 0 Å². The summed E-state index contributed by atoms with van der Waals surface area (Å²) in [6, 6.07) is 17.0. The first-order chi connectivity index (χ1) is 13.7. The standard InChI is InChI=1S/C22H24N2O4/c25-21-14-16(15-24(21)17-10-12-27-13-11-17)22(26)23-19-8-4-5-9-20(19)28-18-6-2-1-3-7-18/h1-9,16-17H,10-15H2,(H,23,26). The summed E-state index contributed by atoms with van der Waals surface area (Å²) >= 11 is 0. The van der Waals surface area contributed by atoms with Crippen molar-refractivity contribution in [2.45, 2.75) is 25.3 Å². The Morgan fingerprint density at radius 2 is 1.75 bits per heavy atom. The van der Waals surface area contributed by atoms with Crippen LogP contribution in [0.15, 0.2) is 54.6 Å². The van der Waals surface area contributed by atoms with Gasteiger partial charge in [0.05, 0.1) is 11.6 Å². The molecule has 0 bridgehead atoms. The third kappa shape index (κ3) is 4.17. The Balaban J connectivity index is 1.42. The van der Waals surface area contributed by atoms with E-state index in [-0.39, 0.29) is 30.2 Å². The summed E-state index contributed by atoms with van der Waals surface area (Å²) in [5.41, 5.74) is 0.605. The molecule has 0 radical (unpaired) electrons. The first kappa shape index (κ1) is 18.5. The van der Waals surface area contributed by atoms with E-state index >= 15 is 0 Å². The van der Waals surface area contributed by atoms with Crippen LogP contribution in [0.25, 0.3) is 0 Å². The first-order valence-corrected chi connectivity index (χ1v) is 9.71. The zero-order valence-corrected chi connectivity index (χ0v) is 15.7. The summed E-state index contributed by atoms with van der Waals surface area (Å²) in [7, 11) is 0. The molecule has 2 aromatic rings. The van der Waals surface area contributed by atoms with Gasteiger partial charge in [0.15, 0.2) is 5.75 Å². The average molecular weight is 380 g/mol. The number of ether oxygens (including phenoxy) is 2. The van der Waals surface area contributed by atoms with Crippen LogP contribution in [-0.4, -0.2) is 42.5 Å². The van der Waals surface area contributed by atoms with Gasteiger partial charge in [0.25, 0.3) is 0 Å². The van der Waals surface area contributed by atoms with Crippen molar-refractivity contribution in [3.63, 3.8) is 0 Å². The molecule has 1 atom stereocenters. The Hall–Kier alpha value is -2.86. The van der Waals surface area contributed by atoms with Crippen molar-refractivity contribution >= 4 is 17.5 Å². The lowest BCUT2D eigenvalue weighted by Crippen LogP contribution is -2.41. The normalized spacial score (nSPS) is 20.2. The number of nitrogens with zero attached hydrogens (tertiary/aromatic N) is 1. The predicted octanol–water partition coefficient (Wildman–Crippen LogP) is 3.44. The molecular weight excluding hydrogens is 356 g/mol. The van der Waals surface area contributed by atoms with Gasteiger partial charge < -0.3 is 19.7 Å². The summed E-state index contributed by atoms with van der Waals surface area (Å²) in [5, 5.41) is 2.95. The van der Waals surface area contributed by atoms with Gasteiger partial charge in [-0.25, -0.2) is 0 Å². The molecule has 2 heterocycles. The van der Waals surface area contributed by atoms with Crippen LogP contribution in [0.1, 0.15) is 19.3 Å². The third-order valence-corrected chi connectivity index (χ3v) is 5.28. The number of amides is 2. The van der Waals surface area contributed by atoms with E-state index in [4.69, 9.17) is 9.47 Å². The highest BCUT2D eigenvalue weighted by molar-refractivity contribution is 5.98. The van der Waals surface area contributed by atoms with E-state index in [0.717, 1.165) is 12.8 Å². The second kappa shape index (κ2) is 8.44. The van der Waals surface area contributed by atoms with E-state index in [2.05, 4.69) is 5.32 Å². The Morgan fingerprint density at radius 3 is 2.54 bits per heavy atom. The molecule has 6 nitrogen and oxygen atoms in total. The number of hydrogen-bond acceptors (Lipinski definition) is 4. The van der Waals surface area contributed by atoms with Crippen molar-refractivity contribution in [3.8, 4) is 11.5 Å². The summed E-state index contributed by atoms with van der Waals surface area (Å²) in [6.07, 6.45) is 1.94. The van der Waals surface area contributed by atoms with Gasteiger partial charge in [-0.1, -0.05) is 30.3 Å². The minimum Gasteiger partial charge on any atom is -0.455 e. The van der Waals surface area contributed by atoms with E-state index in [1.807, 2.05) is 59.5 Å². The maximum absolute atomic E-state index is 12.8. The van der Waals surface area contributed by atoms with Crippen LogP contribution in [0.3, 0.4) is 0 Å². The smallest absolute Gasteiger partial charge is 0.229 e. The molecule has 1 unspecified atom stereocenters. The van der Waals surface area contributed by atoms with Crippen molar-refractivity contribution in [2.75, 3.05) is 25.1 Å². The second-order valence-corrected chi connectivity index (χ2v) is 7.19. The van der Waals surface area contributed by atoms with E-state index in [9.17, 15) is 9.59 Å². The van der Waals surface area contributed by atoms with Gasteiger partial charge in [0.1, 0.15) is 5.75 Å². The van der Waals surface area contributed by atoms with E-state index in [1.165, 1.54) is 0 Å². The Bertz CT molecular complexity index is 833. The summed E-state index contributed by atoms with van der Waals surface area (Å²) in [5.74, 6) is 0.839. The Kier molecular flexibility index (Phi) is 5.58. The fourth-order valence-corrected chi connectivity index (χ4v) is 3.77. The van der Waals surface area contributed by atoms with Gasteiger partial charge in [-0.15, -0.1) is 0 Å². The van der Waals surface area contributed by atoms with Crippen LogP contribution in [0.5, 0.6) is 11.5 Å². The lowest BCUT2D eigenvalue weighted by molar-refractivity contribution is -0.131. The van der Waals surface area contributed by atoms with Crippen LogP contribution in [0.4, 0.5) is 5.69 Å². The van der Waals surface area contributed by atoms with Crippen LogP contribution in [0.2, 0.25) is 0 Å². The molecular formula is C22H24N2O4. The number of nitrogens with one attached hydrogen (secondary N) is 1. The molecule has 2 aromatic carbocycles. The van der Waals surface area contributed by atoms with Crippen molar-refractivity contribution in [2.24, 2.45) is 5.92 Å². The molecule has 0 aromatic heterocycles. The molecule has 146 valence electrons. The Morgan fingerprint density at radius 1 is 1.04 bits per heavy atom. The maximum atomic E-state index is 12.8. The van der Waals surface area contributed by atoms with Gasteiger partial charge in [-0.05, 0) is 37.1 Å². The molecule has 6 heteroatoms. The monoisotopic (exact) mass is 380 g/mol. The number of para-hydroxylation sites is 3. The van der Waals surface area contributed by atoms with Crippen LogP contribution < -0.4 is 10.1 Å². The summed E-state index contributed by atoms with van der Waals surface area (Å²) < 4.78 is 11.3. The van der Waals surface area contributed by atoms with Gasteiger partial charge in [-0.3, -0.25) is 9.59 Å². The van der Waals surface area contributed by atoms with Crippen molar-refractivity contribution in [1.82, 2.24) is 4.90 Å². The van der Waals surface area contributed by atoms with Crippen molar-refractivity contribution in [3.05, 3.63) is 54.6 Å². The highest BCUT2D eigenvalue weighted by Gasteiger charge is 2.38. The number of carbonyl (C=O) groups excluding carboxylic acids is 2. The molecule has 2 saturated heterocycles. The van der Waals surface area contributed by atoms with E-state index in [0.29, 0.717) is 36.9 Å². The SMILES string of the molecule is O=C(Nc1ccccc1Oc1ccccc1)C1CC(=O)N(C2CCOCC2)C1. The van der Waals surface area contributed by atoms with Crippen LogP contribution in [0, 0.1) is 5.92 Å². The summed E-state index contributed by atoms with van der Waals surface area (Å²) in [4.78, 5) is 27.1. The first-order valence-electron chi connectivity index (χ1n) is 9.71. The second-order valence-electron chi connectivity index (χ2n) is 7.19. The minimum absolute atomic E-state index is 0.0564. The van der Waals surface area contributed by atoms with Crippen molar-refractivity contribution < 1.29 is 19.1 Å². The number of carbonyl (C=O) groups is 2. The van der Waals surface area contributed by atoms with Crippen molar-refractivity contribution in [1.29, 1.82) is 0 Å². The lowest BCUT2D eigenvalue weighted by atomic mass is 10.1. The molecule has 2 amide bonds. The largest absolute Gasteiger partial charge is 0.455 e. The quantitative estimate of drug-likeness (QED) is 0.863. The molecule has 0 spiro atoms. The van der Waals surface area contributed by atoms with Crippen LogP contribution >= 0.6 is 0 Å². The number of rotatable bonds is 5. The highest BCUT2D eigenvalue weighted by Crippen LogP contribution is 2.31. The molecule has 28 heavy (non-hydrogen) atoms. The molecule has 0 aliphatic carbocycles. The molecule has 2 aliphatic rings. The lowest BCUT2D eigenvalue weighted by Gasteiger charge is -2.31. The molecule has 1 N–H and O–H groups in total. The van der Waals surface area contributed by atoms with Gasteiger partial charge >= 0.3 is 0 Å². The summed E-state index contributed by atoms with van der Waals surface area (Å²) in [6.45, 7) is 1.82. The predicted molar refractivity (Wildman–Crippen MR) is 105 cm³/mol. The van der Waals surface area contributed by atoms with Gasteiger partial charge in [0, 0.05) is 32.2 Å². The van der Waals surface area contributed by atoms with Gasteiger partial charge in [0.2, 0.25) is 11.8 Å². The number of likely N-dealkylation sites (tertiary alicyclic amines) is 1. The number of benzene rings is 2. The van der Waals surface area contributed by atoms with E-state index in [1.54, 1.807) is 0 Å².